The predicted octanol–water partition coefficient (Wildman–Crippen LogP) is 5.31. The van der Waals surface area contributed by atoms with E-state index in [9.17, 15) is 13.2 Å². The molecule has 184 valence electrons. The second kappa shape index (κ2) is 9.48. The number of aryl methyl sites for hydroxylation is 1. The van der Waals surface area contributed by atoms with E-state index >= 15 is 0 Å². The molecule has 0 radical (unpaired) electrons. The van der Waals surface area contributed by atoms with Gasteiger partial charge in [0.05, 0.1) is 34.9 Å². The number of imidazole rings is 1. The number of anilines is 1. The SMILES string of the molecule is Cc1cn(-c2cc3c(cc2C(F)(F)F)N(OCc2ccccc2)CC(NN)=N3)c(-c2ccccc2)n1. The molecule has 4 aromatic rings. The molecule has 10 heteroatoms. The van der Waals surface area contributed by atoms with Gasteiger partial charge in [-0.05, 0) is 24.6 Å². The van der Waals surface area contributed by atoms with Crippen molar-refractivity contribution in [2.75, 3.05) is 11.6 Å². The maximum atomic E-state index is 14.4. The fraction of sp³-hybridized carbons (Fsp3) is 0.154. The first-order valence-electron chi connectivity index (χ1n) is 11.2. The van der Waals surface area contributed by atoms with E-state index in [1.165, 1.54) is 15.7 Å². The number of aromatic nitrogens is 2. The zero-order chi connectivity index (χ0) is 25.3. The van der Waals surface area contributed by atoms with Crippen LogP contribution in [-0.4, -0.2) is 21.9 Å². The van der Waals surface area contributed by atoms with Crippen LogP contribution in [0.4, 0.5) is 24.5 Å². The van der Waals surface area contributed by atoms with E-state index in [4.69, 9.17) is 10.7 Å². The van der Waals surface area contributed by atoms with E-state index < -0.39 is 11.7 Å². The van der Waals surface area contributed by atoms with Crippen molar-refractivity contribution in [1.29, 1.82) is 0 Å². The van der Waals surface area contributed by atoms with Gasteiger partial charge < -0.3 is 5.43 Å². The highest BCUT2D eigenvalue weighted by Crippen LogP contribution is 2.43. The summed E-state index contributed by atoms with van der Waals surface area (Å²) in [6, 6.07) is 20.9. The van der Waals surface area contributed by atoms with E-state index in [0.717, 1.165) is 11.6 Å². The molecule has 0 spiro atoms. The number of hydrogen-bond acceptors (Lipinski definition) is 6. The van der Waals surface area contributed by atoms with Crippen LogP contribution in [0.3, 0.4) is 0 Å². The molecule has 1 aliphatic heterocycles. The average molecular weight is 493 g/mol. The lowest BCUT2D eigenvalue weighted by molar-refractivity contribution is -0.137. The van der Waals surface area contributed by atoms with Crippen LogP contribution in [-0.2, 0) is 17.6 Å². The molecule has 1 aromatic heterocycles. The Hall–Kier alpha value is -4.15. The normalized spacial score (nSPS) is 13.4. The van der Waals surface area contributed by atoms with Crippen molar-refractivity contribution < 1.29 is 18.0 Å². The number of hydrogen-bond donors (Lipinski definition) is 2. The van der Waals surface area contributed by atoms with Gasteiger partial charge in [-0.1, -0.05) is 60.7 Å². The summed E-state index contributed by atoms with van der Waals surface area (Å²) < 4.78 is 44.7. The molecule has 0 aliphatic carbocycles. The van der Waals surface area contributed by atoms with Gasteiger partial charge in [0.2, 0.25) is 0 Å². The zero-order valence-corrected chi connectivity index (χ0v) is 19.3. The van der Waals surface area contributed by atoms with Crippen molar-refractivity contribution in [3.8, 4) is 17.1 Å². The average Bonchev–Trinajstić information content (AvgIpc) is 3.28. The number of halogens is 3. The second-order valence-corrected chi connectivity index (χ2v) is 8.30. The summed E-state index contributed by atoms with van der Waals surface area (Å²) in [6.45, 7) is 1.97. The molecule has 2 heterocycles. The summed E-state index contributed by atoms with van der Waals surface area (Å²) in [4.78, 5) is 14.8. The van der Waals surface area contributed by atoms with Crippen LogP contribution in [0.25, 0.3) is 17.1 Å². The highest BCUT2D eigenvalue weighted by molar-refractivity contribution is 5.94. The maximum Gasteiger partial charge on any atom is 0.418 e. The number of nitrogens with two attached hydrogens (primary N) is 1. The van der Waals surface area contributed by atoms with Gasteiger partial charge in [0.25, 0.3) is 0 Å². The van der Waals surface area contributed by atoms with Crippen molar-refractivity contribution in [2.24, 2.45) is 10.8 Å². The quantitative estimate of drug-likeness (QED) is 0.292. The third kappa shape index (κ3) is 4.68. The van der Waals surface area contributed by atoms with Crippen molar-refractivity contribution in [3.63, 3.8) is 0 Å². The molecule has 0 unspecified atom stereocenters. The molecule has 3 aromatic carbocycles. The lowest BCUT2D eigenvalue weighted by atomic mass is 10.1. The van der Waals surface area contributed by atoms with Gasteiger partial charge in [-0.15, -0.1) is 0 Å². The number of aliphatic imine (C=N–C) groups is 1. The monoisotopic (exact) mass is 492 g/mol. The van der Waals surface area contributed by atoms with Crippen LogP contribution in [0, 0.1) is 6.92 Å². The lowest BCUT2D eigenvalue weighted by Gasteiger charge is -2.30. The van der Waals surface area contributed by atoms with Gasteiger partial charge in [-0.25, -0.2) is 20.9 Å². The third-order valence-electron chi connectivity index (χ3n) is 5.73. The maximum absolute atomic E-state index is 14.4. The van der Waals surface area contributed by atoms with Gasteiger partial charge in [0.1, 0.15) is 18.2 Å². The molecule has 3 N–H and O–H groups in total. The number of nitrogens with zero attached hydrogens (tertiary/aromatic N) is 4. The molecular formula is C26H23F3N6O. The van der Waals surface area contributed by atoms with Crippen LogP contribution in [0.5, 0.6) is 0 Å². The third-order valence-corrected chi connectivity index (χ3v) is 5.73. The summed E-state index contributed by atoms with van der Waals surface area (Å²) in [6.07, 6.45) is -3.06. The van der Waals surface area contributed by atoms with Crippen molar-refractivity contribution in [2.45, 2.75) is 19.7 Å². The summed E-state index contributed by atoms with van der Waals surface area (Å²) in [5, 5.41) is 1.38. The molecule has 0 atom stereocenters. The summed E-state index contributed by atoms with van der Waals surface area (Å²) in [7, 11) is 0. The molecule has 5 rings (SSSR count). The molecular weight excluding hydrogens is 469 g/mol. The minimum absolute atomic E-state index is 0.0619. The summed E-state index contributed by atoms with van der Waals surface area (Å²) >= 11 is 0. The number of hydroxylamine groups is 1. The van der Waals surface area contributed by atoms with Crippen molar-refractivity contribution >= 4 is 17.2 Å². The van der Waals surface area contributed by atoms with Gasteiger partial charge in [0, 0.05) is 11.8 Å². The minimum Gasteiger partial charge on any atom is -0.310 e. The van der Waals surface area contributed by atoms with Crippen LogP contribution >= 0.6 is 0 Å². The smallest absolute Gasteiger partial charge is 0.310 e. The highest BCUT2D eigenvalue weighted by atomic mass is 19.4. The Morgan fingerprint density at radius 1 is 1.00 bits per heavy atom. The lowest BCUT2D eigenvalue weighted by Crippen LogP contribution is -2.42. The number of fused-ring (bicyclic) bond motifs is 1. The Bertz CT molecular complexity index is 1400. The molecule has 36 heavy (non-hydrogen) atoms. The zero-order valence-electron chi connectivity index (χ0n) is 19.3. The number of benzene rings is 3. The largest absolute Gasteiger partial charge is 0.418 e. The number of nitrogens with one attached hydrogen (secondary N) is 1. The Labute approximate surface area is 205 Å². The molecule has 0 saturated carbocycles. The van der Waals surface area contributed by atoms with Crippen molar-refractivity contribution in [1.82, 2.24) is 15.0 Å². The van der Waals surface area contributed by atoms with Crippen molar-refractivity contribution in [3.05, 3.63) is 95.8 Å². The Kier molecular flexibility index (Phi) is 6.21. The topological polar surface area (TPSA) is 80.7 Å². The summed E-state index contributed by atoms with van der Waals surface area (Å²) in [5.41, 5.74) is 4.21. The van der Waals surface area contributed by atoms with E-state index in [1.54, 1.807) is 25.3 Å². The first-order valence-corrected chi connectivity index (χ1v) is 11.2. The fourth-order valence-electron chi connectivity index (χ4n) is 4.08. The minimum atomic E-state index is -4.64. The van der Waals surface area contributed by atoms with E-state index in [0.29, 0.717) is 22.9 Å². The highest BCUT2D eigenvalue weighted by Gasteiger charge is 2.37. The van der Waals surface area contributed by atoms with E-state index in [2.05, 4.69) is 15.4 Å². The van der Waals surface area contributed by atoms with Crippen LogP contribution in [0.2, 0.25) is 0 Å². The van der Waals surface area contributed by atoms with Gasteiger partial charge >= 0.3 is 6.18 Å². The molecule has 7 nitrogen and oxygen atoms in total. The van der Waals surface area contributed by atoms with Crippen LogP contribution < -0.4 is 16.3 Å². The van der Waals surface area contributed by atoms with Gasteiger partial charge in [-0.3, -0.25) is 9.40 Å². The molecule has 0 fully saturated rings. The van der Waals surface area contributed by atoms with Crippen LogP contribution in [0.15, 0.2) is 84.0 Å². The standard InChI is InChI=1S/C26H23F3N6O/c1-17-14-34(25(31-17)19-10-6-3-7-11-19)22-13-21-23(12-20(22)26(27,28)29)35(15-24(32-21)33-30)36-16-18-8-4-2-5-9-18/h2-14H,15-16,30H2,1H3,(H,32,33). The first-order chi connectivity index (χ1) is 17.3. The van der Waals surface area contributed by atoms with Crippen LogP contribution in [0.1, 0.15) is 16.8 Å². The number of hydrazine groups is 1. The first kappa shape index (κ1) is 23.6. The van der Waals surface area contributed by atoms with E-state index in [-0.39, 0.29) is 30.2 Å². The van der Waals surface area contributed by atoms with E-state index in [1.807, 2.05) is 48.5 Å². The predicted molar refractivity (Wildman–Crippen MR) is 132 cm³/mol. The number of rotatable bonds is 5. The van der Waals surface area contributed by atoms with Gasteiger partial charge in [-0.2, -0.15) is 13.2 Å². The molecule has 0 saturated heterocycles. The van der Waals surface area contributed by atoms with Gasteiger partial charge in [0.15, 0.2) is 0 Å². The Balaban J connectivity index is 1.64. The molecule has 0 bridgehead atoms. The fourth-order valence-corrected chi connectivity index (χ4v) is 4.08. The molecule has 0 amide bonds. The molecule has 1 aliphatic rings. The number of alkyl halides is 3. The Morgan fingerprint density at radius 2 is 1.69 bits per heavy atom. The second-order valence-electron chi connectivity index (χ2n) is 8.30. The number of amidine groups is 1. The Morgan fingerprint density at radius 3 is 2.36 bits per heavy atom. The summed E-state index contributed by atoms with van der Waals surface area (Å²) in [5.74, 6) is 6.37.